The second-order valence-electron chi connectivity index (χ2n) is 6.43. The molecule has 0 saturated heterocycles. The summed E-state index contributed by atoms with van der Waals surface area (Å²) in [4.78, 5) is 20.7. The fourth-order valence-electron chi connectivity index (χ4n) is 2.96. The second-order valence-corrected chi connectivity index (χ2v) is 6.43. The van der Waals surface area contributed by atoms with E-state index in [2.05, 4.69) is 16.4 Å². The minimum atomic E-state index is -0.682. The number of fused-ring (bicyclic) bond motifs is 1. The maximum Gasteiger partial charge on any atom is 0.364 e. The minimum absolute atomic E-state index is 0. The maximum absolute atomic E-state index is 12.3. The number of benzene rings is 2. The van der Waals surface area contributed by atoms with Crippen LogP contribution in [0.5, 0.6) is 5.75 Å². The Balaban J connectivity index is 0.00000280. The molecule has 1 aliphatic rings. The van der Waals surface area contributed by atoms with Crippen molar-refractivity contribution < 1.29 is 47.1 Å². The van der Waals surface area contributed by atoms with E-state index in [0.717, 1.165) is 29.5 Å². The summed E-state index contributed by atoms with van der Waals surface area (Å²) in [5.41, 5.74) is 9.49. The molecule has 6 nitrogen and oxygen atoms in total. The molecule has 0 aliphatic heterocycles. The average Bonchev–Trinajstić information content (AvgIpc) is 3.14. The van der Waals surface area contributed by atoms with Gasteiger partial charge in [0.1, 0.15) is 5.75 Å². The molecule has 0 heterocycles. The molecular weight excluding hydrogens is 431 g/mol. The molecular formula is C21H20N3O3Y-. The van der Waals surface area contributed by atoms with Crippen molar-refractivity contribution in [3.05, 3.63) is 76.5 Å². The van der Waals surface area contributed by atoms with Crippen LogP contribution in [0.15, 0.2) is 41.6 Å². The standard InChI is InChI=1S/C21H20N3O3.Y/c1-13(2)26-19-11-10-15(12-18(19)23-3)21(25)27-24-20(22)17-9-5-7-14-6-4-8-16(14)17;/h5-7,9-13H,4,8H2,1-2H3,(H2,22,24);/q-1;. The van der Waals surface area contributed by atoms with Crippen molar-refractivity contribution in [3.63, 3.8) is 0 Å². The summed E-state index contributed by atoms with van der Waals surface area (Å²) in [5.74, 6) is -0.102. The number of ether oxygens (including phenoxy) is 1. The number of carbonyl (C=O) groups excluding carboxylic acids is 1. The van der Waals surface area contributed by atoms with Crippen molar-refractivity contribution in [2.75, 3.05) is 0 Å². The van der Waals surface area contributed by atoms with Crippen molar-refractivity contribution in [1.29, 1.82) is 0 Å². The van der Waals surface area contributed by atoms with E-state index in [1.54, 1.807) is 6.07 Å². The van der Waals surface area contributed by atoms with E-state index in [0.29, 0.717) is 5.75 Å². The summed E-state index contributed by atoms with van der Waals surface area (Å²) in [6.45, 7) is 11.0. The van der Waals surface area contributed by atoms with Crippen LogP contribution in [0.1, 0.15) is 47.3 Å². The van der Waals surface area contributed by atoms with Gasteiger partial charge < -0.3 is 15.3 Å². The number of nitrogens with two attached hydrogens (primary N) is 1. The largest absolute Gasteiger partial charge is 0.502 e. The molecule has 28 heavy (non-hydrogen) atoms. The van der Waals surface area contributed by atoms with Gasteiger partial charge in [-0.25, -0.2) is 9.64 Å². The molecule has 2 aromatic rings. The van der Waals surface area contributed by atoms with Gasteiger partial charge in [0.2, 0.25) is 5.69 Å². The maximum atomic E-state index is 12.3. The molecule has 0 fully saturated rings. The molecule has 141 valence electrons. The molecule has 3 rings (SSSR count). The van der Waals surface area contributed by atoms with Crippen molar-refractivity contribution >= 4 is 17.5 Å². The van der Waals surface area contributed by atoms with Gasteiger partial charge in [0.05, 0.1) is 18.2 Å². The van der Waals surface area contributed by atoms with Gasteiger partial charge >= 0.3 is 5.97 Å². The van der Waals surface area contributed by atoms with Gasteiger partial charge in [0, 0.05) is 32.7 Å². The zero-order chi connectivity index (χ0) is 19.4. The number of nitrogens with zero attached hydrogens (tertiary/aromatic N) is 2. The zero-order valence-electron chi connectivity index (χ0n) is 15.8. The van der Waals surface area contributed by atoms with E-state index in [1.807, 2.05) is 32.0 Å². The number of oxime groups is 1. The van der Waals surface area contributed by atoms with Crippen LogP contribution >= 0.6 is 0 Å². The van der Waals surface area contributed by atoms with E-state index in [1.165, 1.54) is 12.1 Å². The summed E-state index contributed by atoms with van der Waals surface area (Å²) in [6, 6.07) is 10.3. The first-order valence-electron chi connectivity index (χ1n) is 8.68. The molecule has 2 aromatic carbocycles. The van der Waals surface area contributed by atoms with E-state index < -0.39 is 5.97 Å². The first kappa shape index (κ1) is 21.9. The first-order valence-corrected chi connectivity index (χ1v) is 8.68. The molecule has 7 heteroatoms. The van der Waals surface area contributed by atoms with E-state index in [9.17, 15) is 4.79 Å². The summed E-state index contributed by atoms with van der Waals surface area (Å²) in [7, 11) is 0. The van der Waals surface area contributed by atoms with Crippen LogP contribution in [-0.2, 0) is 44.0 Å². The summed E-state index contributed by atoms with van der Waals surface area (Å²) < 4.78 is 5.55. The van der Waals surface area contributed by atoms with Crippen LogP contribution in [0.2, 0.25) is 0 Å². The third-order valence-corrected chi connectivity index (χ3v) is 4.15. The Morgan fingerprint density at radius 2 is 2.11 bits per heavy atom. The quantitative estimate of drug-likeness (QED) is 0.245. The van der Waals surface area contributed by atoms with Crippen molar-refractivity contribution in [1.82, 2.24) is 0 Å². The minimum Gasteiger partial charge on any atom is -0.502 e. The first-order chi connectivity index (χ1) is 13.0. The predicted molar refractivity (Wildman–Crippen MR) is 103 cm³/mol. The number of amidine groups is 1. The van der Waals surface area contributed by atoms with Crippen molar-refractivity contribution in [2.24, 2.45) is 10.9 Å². The number of rotatable bonds is 5. The van der Waals surface area contributed by atoms with E-state index >= 15 is 0 Å². The average molecular weight is 451 g/mol. The molecule has 2 N–H and O–H groups in total. The normalized spacial score (nSPS) is 12.4. The van der Waals surface area contributed by atoms with Crippen LogP contribution in [0.25, 0.3) is 4.85 Å². The van der Waals surface area contributed by atoms with Crippen LogP contribution in [0.4, 0.5) is 5.69 Å². The number of hydrogen-bond donors (Lipinski definition) is 1. The Kier molecular flexibility index (Phi) is 7.62. The Morgan fingerprint density at radius 3 is 2.82 bits per heavy atom. The van der Waals surface area contributed by atoms with Crippen molar-refractivity contribution in [3.8, 4) is 5.75 Å². The van der Waals surface area contributed by atoms with E-state index in [4.69, 9.17) is 21.9 Å². The second kappa shape index (κ2) is 9.72. The van der Waals surface area contributed by atoms with Gasteiger partial charge in [-0.1, -0.05) is 24.1 Å². The van der Waals surface area contributed by atoms with Crippen LogP contribution in [0.3, 0.4) is 0 Å². The Hall–Kier alpha value is -2.36. The van der Waals surface area contributed by atoms with Gasteiger partial charge in [-0.15, -0.1) is 11.6 Å². The summed E-state index contributed by atoms with van der Waals surface area (Å²) in [5, 5.41) is 3.80. The molecule has 0 atom stereocenters. The smallest absolute Gasteiger partial charge is 0.364 e. The molecule has 0 saturated carbocycles. The molecule has 0 unspecified atom stereocenters. The third kappa shape index (κ3) is 4.92. The third-order valence-electron chi connectivity index (χ3n) is 4.15. The van der Waals surface area contributed by atoms with Gasteiger partial charge in [-0.2, -0.15) is 18.1 Å². The van der Waals surface area contributed by atoms with Crippen LogP contribution in [-0.4, -0.2) is 17.9 Å². The van der Waals surface area contributed by atoms with Crippen molar-refractivity contribution in [2.45, 2.75) is 32.8 Å². The molecule has 0 bridgehead atoms. The summed E-state index contributed by atoms with van der Waals surface area (Å²) in [6.07, 6.45) is 3.92. The summed E-state index contributed by atoms with van der Waals surface area (Å²) >= 11 is 0. The van der Waals surface area contributed by atoms with Gasteiger partial charge in [0.15, 0.2) is 5.84 Å². The number of carbonyl (C=O) groups is 1. The molecule has 1 aliphatic carbocycles. The molecule has 0 spiro atoms. The molecule has 0 amide bonds. The monoisotopic (exact) mass is 451 g/mol. The Bertz CT molecular complexity index is 948. The van der Waals surface area contributed by atoms with E-state index in [-0.39, 0.29) is 55.9 Å². The molecule has 0 aromatic heterocycles. The SMILES string of the molecule is [C-]#[N+]c1cc(C(=O)O/N=C(\N)c2cccc3c2CC[CH-]3)ccc1OC(C)C.[Y]. The Labute approximate surface area is 189 Å². The zero-order valence-corrected chi connectivity index (χ0v) is 18.6. The fraction of sp³-hybridized carbons (Fsp3) is 0.238. The van der Waals surface area contributed by atoms with Crippen LogP contribution in [0, 0.1) is 13.0 Å². The van der Waals surface area contributed by atoms with Gasteiger partial charge in [-0.05, 0) is 37.6 Å². The van der Waals surface area contributed by atoms with Crippen LogP contribution < -0.4 is 10.5 Å². The number of hydrogen-bond acceptors (Lipinski definition) is 4. The fourth-order valence-corrected chi connectivity index (χ4v) is 2.96. The topological polar surface area (TPSA) is 78.3 Å². The van der Waals surface area contributed by atoms with Gasteiger partial charge in [-0.3, -0.25) is 0 Å². The van der Waals surface area contributed by atoms with Gasteiger partial charge in [0.25, 0.3) is 0 Å². The molecule has 1 radical (unpaired) electrons. The predicted octanol–water partition coefficient (Wildman–Crippen LogP) is 4.00. The Morgan fingerprint density at radius 1 is 1.32 bits per heavy atom.